The molecule has 1 aromatic rings. The second kappa shape index (κ2) is 3.31. The molecule has 0 fully saturated rings. The molecule has 0 aromatic carbocycles. The third-order valence-electron chi connectivity index (χ3n) is 1.32. The maximum absolute atomic E-state index is 13.3. The summed E-state index contributed by atoms with van der Waals surface area (Å²) in [5.74, 6) is 0. The Morgan fingerprint density at radius 3 is 2.83 bits per heavy atom. The van der Waals surface area contributed by atoms with E-state index >= 15 is 0 Å². The molecule has 3 nitrogen and oxygen atoms in total. The molecule has 0 spiro atoms. The number of aromatic nitrogens is 2. The zero-order valence-electron chi connectivity index (χ0n) is 6.91. The average Bonchev–Trinajstić information content (AvgIpc) is 2.03. The summed E-state index contributed by atoms with van der Waals surface area (Å²) in [6, 6.07) is 1.69. The number of halogens is 1. The first-order chi connectivity index (χ1) is 5.54. The Balaban J connectivity index is 3.02. The van der Waals surface area contributed by atoms with Crippen LogP contribution in [0.4, 0.5) is 4.39 Å². The van der Waals surface area contributed by atoms with E-state index in [0.717, 1.165) is 0 Å². The molecule has 0 N–H and O–H groups in total. The first kappa shape index (κ1) is 9.33. The SMILES string of the molecule is COc1nccc(C(C)(F)P)n1. The molecule has 0 amide bonds. The summed E-state index contributed by atoms with van der Waals surface area (Å²) in [4.78, 5) is 7.60. The van der Waals surface area contributed by atoms with Crippen LogP contribution in [-0.2, 0) is 5.41 Å². The lowest BCUT2D eigenvalue weighted by Crippen LogP contribution is -2.08. The van der Waals surface area contributed by atoms with Gasteiger partial charge in [-0.1, -0.05) is 9.24 Å². The largest absolute Gasteiger partial charge is 0.467 e. The Hall–Kier alpha value is -0.760. The van der Waals surface area contributed by atoms with E-state index in [2.05, 4.69) is 19.2 Å². The standard InChI is InChI=1S/C7H10FN2OP/c1-7(8,12)5-3-4-9-6(10-5)11-2/h3-4H,12H2,1-2H3. The first-order valence-electron chi connectivity index (χ1n) is 3.39. The molecule has 0 saturated carbocycles. The van der Waals surface area contributed by atoms with Crippen molar-refractivity contribution in [3.05, 3.63) is 18.0 Å². The Morgan fingerprint density at radius 1 is 1.67 bits per heavy atom. The van der Waals surface area contributed by atoms with Gasteiger partial charge in [-0.05, 0) is 13.0 Å². The van der Waals surface area contributed by atoms with E-state index in [-0.39, 0.29) is 6.01 Å². The molecular formula is C7H10FN2OP. The minimum atomic E-state index is -1.53. The van der Waals surface area contributed by atoms with Gasteiger partial charge in [0.1, 0.15) is 0 Å². The molecule has 5 heteroatoms. The van der Waals surface area contributed by atoms with Crippen molar-refractivity contribution in [1.29, 1.82) is 0 Å². The Bertz CT molecular complexity index is 274. The first-order valence-corrected chi connectivity index (χ1v) is 3.97. The Morgan fingerprint density at radius 2 is 2.33 bits per heavy atom. The van der Waals surface area contributed by atoms with Gasteiger partial charge in [-0.2, -0.15) is 4.98 Å². The van der Waals surface area contributed by atoms with Gasteiger partial charge >= 0.3 is 6.01 Å². The van der Waals surface area contributed by atoms with E-state index in [4.69, 9.17) is 4.74 Å². The lowest BCUT2D eigenvalue weighted by molar-refractivity contribution is 0.306. The quantitative estimate of drug-likeness (QED) is 0.659. The predicted molar refractivity (Wildman–Crippen MR) is 46.8 cm³/mol. The molecule has 12 heavy (non-hydrogen) atoms. The van der Waals surface area contributed by atoms with Gasteiger partial charge in [0.05, 0.1) is 12.8 Å². The summed E-state index contributed by atoms with van der Waals surface area (Å²) < 4.78 is 18.0. The van der Waals surface area contributed by atoms with Crippen LogP contribution in [0.3, 0.4) is 0 Å². The van der Waals surface area contributed by atoms with Gasteiger partial charge < -0.3 is 4.74 Å². The van der Waals surface area contributed by atoms with Crippen LogP contribution in [0.1, 0.15) is 12.6 Å². The minimum Gasteiger partial charge on any atom is -0.467 e. The molecule has 0 aliphatic heterocycles. The topological polar surface area (TPSA) is 35.0 Å². The van der Waals surface area contributed by atoms with Crippen molar-refractivity contribution in [2.45, 2.75) is 12.3 Å². The van der Waals surface area contributed by atoms with Gasteiger partial charge in [0, 0.05) is 6.20 Å². The van der Waals surface area contributed by atoms with E-state index in [9.17, 15) is 4.39 Å². The van der Waals surface area contributed by atoms with Gasteiger partial charge in [-0.25, -0.2) is 9.37 Å². The van der Waals surface area contributed by atoms with Crippen molar-refractivity contribution >= 4 is 9.24 Å². The van der Waals surface area contributed by atoms with Crippen LogP contribution in [0.2, 0.25) is 0 Å². The monoisotopic (exact) mass is 188 g/mol. The van der Waals surface area contributed by atoms with Crippen molar-refractivity contribution < 1.29 is 9.13 Å². The maximum atomic E-state index is 13.3. The summed E-state index contributed by atoms with van der Waals surface area (Å²) in [5, 5.41) is -1.53. The number of methoxy groups -OCH3 is 1. The lowest BCUT2D eigenvalue weighted by Gasteiger charge is -2.12. The molecule has 2 atom stereocenters. The molecule has 1 rings (SSSR count). The lowest BCUT2D eigenvalue weighted by atomic mass is 10.3. The van der Waals surface area contributed by atoms with E-state index < -0.39 is 5.41 Å². The smallest absolute Gasteiger partial charge is 0.316 e. The second-order valence-electron chi connectivity index (χ2n) is 2.50. The molecule has 66 valence electrons. The average molecular weight is 188 g/mol. The number of nitrogens with zero attached hydrogens (tertiary/aromatic N) is 2. The van der Waals surface area contributed by atoms with Crippen LogP contribution in [0.5, 0.6) is 6.01 Å². The molecule has 0 radical (unpaired) electrons. The second-order valence-corrected chi connectivity index (χ2v) is 3.59. The van der Waals surface area contributed by atoms with Crippen molar-refractivity contribution in [1.82, 2.24) is 9.97 Å². The Labute approximate surface area is 72.6 Å². The maximum Gasteiger partial charge on any atom is 0.316 e. The molecular weight excluding hydrogens is 178 g/mol. The highest BCUT2D eigenvalue weighted by Crippen LogP contribution is 2.30. The van der Waals surface area contributed by atoms with E-state index in [1.165, 1.54) is 26.3 Å². The van der Waals surface area contributed by atoms with Crippen LogP contribution >= 0.6 is 9.24 Å². The van der Waals surface area contributed by atoms with Crippen LogP contribution < -0.4 is 4.74 Å². The fraction of sp³-hybridized carbons (Fsp3) is 0.429. The van der Waals surface area contributed by atoms with Crippen molar-refractivity contribution in [3.8, 4) is 6.01 Å². The van der Waals surface area contributed by atoms with Crippen molar-refractivity contribution in [2.24, 2.45) is 0 Å². The predicted octanol–water partition coefficient (Wildman–Crippen LogP) is 1.50. The molecule has 1 heterocycles. The number of ether oxygens (including phenoxy) is 1. The van der Waals surface area contributed by atoms with E-state index in [1.54, 1.807) is 0 Å². The summed E-state index contributed by atoms with van der Waals surface area (Å²) in [6.07, 6.45) is 1.46. The Kier molecular flexibility index (Phi) is 2.58. The van der Waals surface area contributed by atoms with Crippen molar-refractivity contribution in [3.63, 3.8) is 0 Å². The molecule has 1 aromatic heterocycles. The van der Waals surface area contributed by atoms with Crippen LogP contribution in [0, 0.1) is 0 Å². The van der Waals surface area contributed by atoms with Gasteiger partial charge in [-0.3, -0.25) is 0 Å². The third kappa shape index (κ3) is 2.11. The number of alkyl halides is 1. The molecule has 0 saturated heterocycles. The van der Waals surface area contributed by atoms with Crippen LogP contribution in [0.25, 0.3) is 0 Å². The van der Waals surface area contributed by atoms with E-state index in [1.807, 2.05) is 0 Å². The summed E-state index contributed by atoms with van der Waals surface area (Å²) in [7, 11) is 3.50. The van der Waals surface area contributed by atoms with Gasteiger partial charge in [-0.15, -0.1) is 0 Å². The summed E-state index contributed by atoms with van der Waals surface area (Å²) >= 11 is 0. The molecule has 0 bridgehead atoms. The zero-order chi connectivity index (χ0) is 9.19. The zero-order valence-corrected chi connectivity index (χ0v) is 8.07. The van der Waals surface area contributed by atoms with Crippen LogP contribution in [-0.4, -0.2) is 17.1 Å². The van der Waals surface area contributed by atoms with Crippen LogP contribution in [0.15, 0.2) is 12.3 Å². The highest BCUT2D eigenvalue weighted by Gasteiger charge is 2.21. The summed E-state index contributed by atoms with van der Waals surface area (Å²) in [5.41, 5.74) is 0.291. The fourth-order valence-corrected chi connectivity index (χ4v) is 0.872. The van der Waals surface area contributed by atoms with Crippen molar-refractivity contribution in [2.75, 3.05) is 7.11 Å². The van der Waals surface area contributed by atoms with Gasteiger partial charge in [0.25, 0.3) is 0 Å². The number of hydrogen-bond donors (Lipinski definition) is 0. The normalized spacial score (nSPS) is 15.3. The van der Waals surface area contributed by atoms with Gasteiger partial charge in [0.15, 0.2) is 5.41 Å². The highest BCUT2D eigenvalue weighted by molar-refractivity contribution is 7.18. The number of rotatable bonds is 2. The molecule has 0 aliphatic carbocycles. The fourth-order valence-electron chi connectivity index (χ4n) is 0.711. The number of hydrogen-bond acceptors (Lipinski definition) is 3. The molecule has 0 aliphatic rings. The molecule has 2 unspecified atom stereocenters. The van der Waals surface area contributed by atoms with Gasteiger partial charge in [0.2, 0.25) is 0 Å². The highest BCUT2D eigenvalue weighted by atomic mass is 31.0. The minimum absolute atomic E-state index is 0.179. The van der Waals surface area contributed by atoms with E-state index in [0.29, 0.717) is 5.69 Å². The summed E-state index contributed by atoms with van der Waals surface area (Å²) in [6.45, 7) is 1.40. The third-order valence-corrected chi connectivity index (χ3v) is 1.61.